The van der Waals surface area contributed by atoms with Crippen molar-refractivity contribution in [3.63, 3.8) is 0 Å². The van der Waals surface area contributed by atoms with E-state index >= 15 is 0 Å². The van der Waals surface area contributed by atoms with Gasteiger partial charge in [-0.2, -0.15) is 0 Å². The molecule has 0 aromatic heterocycles. The summed E-state index contributed by atoms with van der Waals surface area (Å²) in [6.45, 7) is -5.37. The molecule has 0 aliphatic heterocycles. The molecule has 0 fully saturated rings. The summed E-state index contributed by atoms with van der Waals surface area (Å²) in [5, 5.41) is 0. The second kappa shape index (κ2) is 10.0. The van der Waals surface area contributed by atoms with Gasteiger partial charge in [-0.15, -0.1) is 0 Å². The summed E-state index contributed by atoms with van der Waals surface area (Å²) in [6.07, 6.45) is -38.4. The molecule has 68 valence electrons. The van der Waals surface area contributed by atoms with Crippen LogP contribution in [0, 0.1) is 0 Å². The van der Waals surface area contributed by atoms with Crippen LogP contribution in [0.3, 0.4) is 0 Å². The normalized spacial score (nSPS) is 52.7. The van der Waals surface area contributed by atoms with E-state index in [9.17, 15) is 0 Å². The smallest absolute Gasteiger partial charge is 0.0267 e. The van der Waals surface area contributed by atoms with Gasteiger partial charge in [0.25, 0.3) is 0 Å². The monoisotopic (exact) mass is 178 g/mol. The summed E-state index contributed by atoms with van der Waals surface area (Å²) in [6, 6.07) is 0. The molecule has 0 amide bonds. The molecule has 0 nitrogen and oxygen atoms in total. The highest BCUT2D eigenvalue weighted by Crippen LogP contribution is 2.08. The van der Waals surface area contributed by atoms with Crippen molar-refractivity contribution in [1.29, 1.82) is 0 Å². The SMILES string of the molecule is [2H]CC([2H])([2H])C([2H])([2H])C([2H])([2H])C([2H])([2H])C([2H])([2H])C([2H])([2H])C([2H])([2H])C([2H])([2H])C([2H])([2H])C([2H])([2H])[2H]. The predicted molar refractivity (Wildman–Crippen MR) is 52.9 cm³/mol. The van der Waals surface area contributed by atoms with Gasteiger partial charge in [0.15, 0.2) is 0 Å². The minimum Gasteiger partial charge on any atom is -0.0654 e. The highest BCUT2D eigenvalue weighted by Gasteiger charge is 1.88. The van der Waals surface area contributed by atoms with Crippen LogP contribution in [0.2, 0.25) is 0 Å². The van der Waals surface area contributed by atoms with Crippen molar-refractivity contribution in [2.45, 2.75) is 71.1 Å². The molecule has 0 atom stereocenters. The maximum absolute atomic E-state index is 7.90. The number of hydrogen-bond acceptors (Lipinski definition) is 0. The second-order valence-corrected chi connectivity index (χ2v) is 1.18. The lowest BCUT2D eigenvalue weighted by molar-refractivity contribution is 0.572. The minimum absolute atomic E-state index is 1.46. The van der Waals surface area contributed by atoms with Crippen LogP contribution in [-0.4, -0.2) is 0 Å². The predicted octanol–water partition coefficient (Wildman–Crippen LogP) is 4.54. The van der Waals surface area contributed by atoms with Crippen molar-refractivity contribution in [1.82, 2.24) is 0 Å². The Morgan fingerprint density at radius 1 is 0.818 bits per heavy atom. The Labute approximate surface area is 103 Å². The van der Waals surface area contributed by atoms with Gasteiger partial charge in [0, 0.05) is 30.2 Å². The van der Waals surface area contributed by atoms with Crippen LogP contribution in [0.1, 0.15) is 101 Å². The molecule has 0 spiro atoms. The zero-order valence-electron chi connectivity index (χ0n) is 27.7. The molecule has 0 rings (SSSR count). The van der Waals surface area contributed by atoms with Gasteiger partial charge in [-0.25, -0.2) is 0 Å². The number of rotatable bonds is 8. The van der Waals surface area contributed by atoms with Crippen LogP contribution >= 0.6 is 0 Å². The Bertz CT molecular complexity index is 708. The summed E-state index contributed by atoms with van der Waals surface area (Å²) >= 11 is 0. The molecule has 0 aliphatic carbocycles. The largest absolute Gasteiger partial charge is 0.0654 e. The molecule has 0 saturated carbocycles. The van der Waals surface area contributed by atoms with E-state index in [2.05, 4.69) is 0 Å². The first-order valence-electron chi connectivity index (χ1n) is 13.8. The van der Waals surface area contributed by atoms with Crippen LogP contribution in [-0.2, 0) is 0 Å². The standard InChI is InChI=1S/C11H24/c1-3-5-7-9-11-10-8-6-4-2/h3-11H2,1-2H3/i1D,2D3,3D2,4D2,5D2,6D2,7D2,8D2,9D2,10D2,11D2. The molecule has 0 aliphatic rings. The van der Waals surface area contributed by atoms with Crippen LogP contribution in [0.15, 0.2) is 0 Å². The Morgan fingerprint density at radius 3 is 1.91 bits per heavy atom. The van der Waals surface area contributed by atoms with Crippen molar-refractivity contribution in [2.75, 3.05) is 0 Å². The highest BCUT2D eigenvalue weighted by molar-refractivity contribution is 4.44. The first-order chi connectivity index (χ1) is 13.8. The average molecular weight is 178 g/mol. The van der Waals surface area contributed by atoms with E-state index in [0.717, 1.165) is 0 Å². The van der Waals surface area contributed by atoms with Crippen LogP contribution in [0.5, 0.6) is 0 Å². The molecule has 0 heterocycles. The van der Waals surface area contributed by atoms with Gasteiger partial charge in [0.1, 0.15) is 0 Å². The Morgan fingerprint density at radius 2 is 1.36 bits per heavy atom. The van der Waals surface area contributed by atoms with Crippen LogP contribution in [0.25, 0.3) is 0 Å². The fraction of sp³-hybridized carbons (Fsp3) is 1.00. The third-order valence-electron chi connectivity index (χ3n) is 0.526. The van der Waals surface area contributed by atoms with Crippen molar-refractivity contribution >= 4 is 0 Å². The summed E-state index contributed by atoms with van der Waals surface area (Å²) in [5.74, 6) is 0. The molecule has 0 bridgehead atoms. The second-order valence-electron chi connectivity index (χ2n) is 1.18. The summed E-state index contributed by atoms with van der Waals surface area (Å²) in [7, 11) is 0. The fourth-order valence-corrected chi connectivity index (χ4v) is 0.232. The van der Waals surface area contributed by atoms with Gasteiger partial charge >= 0.3 is 0 Å². The van der Waals surface area contributed by atoms with Gasteiger partial charge in [-0.05, 0) is 0 Å². The summed E-state index contributed by atoms with van der Waals surface area (Å²) in [5.41, 5.74) is 0. The van der Waals surface area contributed by atoms with Gasteiger partial charge in [0.05, 0.1) is 0 Å². The Balaban J connectivity index is 7.03. The van der Waals surface area contributed by atoms with E-state index in [1.807, 2.05) is 0 Å². The van der Waals surface area contributed by atoms with Crippen LogP contribution in [0.4, 0.5) is 0 Å². The van der Waals surface area contributed by atoms with Crippen molar-refractivity contribution in [3.05, 3.63) is 0 Å². The highest BCUT2D eigenvalue weighted by atomic mass is 13.9. The molecule has 0 N–H and O–H groups in total. The maximum atomic E-state index is 7.90. The molecule has 0 saturated heterocycles. The van der Waals surface area contributed by atoms with Gasteiger partial charge < -0.3 is 0 Å². The van der Waals surface area contributed by atoms with Gasteiger partial charge in [0.2, 0.25) is 0 Å². The lowest BCUT2D eigenvalue weighted by Gasteiger charge is -1.98. The van der Waals surface area contributed by atoms with E-state index in [1.54, 1.807) is 0 Å². The molecular weight excluding hydrogens is 132 g/mol. The van der Waals surface area contributed by atoms with Gasteiger partial charge in [-0.1, -0.05) is 71.1 Å². The van der Waals surface area contributed by atoms with E-state index < -0.39 is 71.1 Å². The lowest BCUT2D eigenvalue weighted by atomic mass is 10.1. The third kappa shape index (κ3) is 10.0. The summed E-state index contributed by atoms with van der Waals surface area (Å²) < 4.78 is 168. The molecular formula is C11H24. The van der Waals surface area contributed by atoms with Crippen LogP contribution < -0.4 is 0 Å². The molecule has 0 aromatic rings. The Hall–Kier alpha value is 0. The molecule has 0 aromatic carbocycles. The molecule has 0 heteroatoms. The minimum atomic E-state index is -4.57. The zero-order valence-corrected chi connectivity index (χ0v) is 5.71. The van der Waals surface area contributed by atoms with Crippen molar-refractivity contribution < 1.29 is 30.2 Å². The van der Waals surface area contributed by atoms with Gasteiger partial charge in [-0.3, -0.25) is 0 Å². The molecule has 0 radical (unpaired) electrons. The van der Waals surface area contributed by atoms with E-state index in [0.29, 0.717) is 0 Å². The first kappa shape index (κ1) is 1.07. The quantitative estimate of drug-likeness (QED) is 0.512. The number of hydrogen-bond donors (Lipinski definition) is 0. The van der Waals surface area contributed by atoms with E-state index in [1.165, 1.54) is 0 Å². The third-order valence-corrected chi connectivity index (χ3v) is 0.526. The zero-order chi connectivity index (χ0) is 27.7. The lowest BCUT2D eigenvalue weighted by Crippen LogP contribution is -1.79. The molecule has 11 heavy (non-hydrogen) atoms. The molecule has 0 unspecified atom stereocenters. The van der Waals surface area contributed by atoms with Crippen molar-refractivity contribution in [2.24, 2.45) is 0 Å². The average Bonchev–Trinajstić information content (AvgIpc) is 2.59. The maximum Gasteiger partial charge on any atom is 0.0267 e. The van der Waals surface area contributed by atoms with E-state index in [-0.39, 0.29) is 0 Å². The first-order valence-corrected chi connectivity index (χ1v) is 2.60. The van der Waals surface area contributed by atoms with E-state index in [4.69, 9.17) is 30.2 Å². The topological polar surface area (TPSA) is 0 Å². The van der Waals surface area contributed by atoms with Crippen molar-refractivity contribution in [3.8, 4) is 0 Å². The Kier molecular flexibility index (Phi) is 0.977. The fourth-order valence-electron chi connectivity index (χ4n) is 0.232. The summed E-state index contributed by atoms with van der Waals surface area (Å²) in [4.78, 5) is 0.